The molecule has 0 radical (unpaired) electrons. The molecule has 2 aromatic carbocycles. The molecule has 0 bridgehead atoms. The van der Waals surface area contributed by atoms with E-state index in [4.69, 9.17) is 4.74 Å². The predicted molar refractivity (Wildman–Crippen MR) is 112 cm³/mol. The lowest BCUT2D eigenvalue weighted by Gasteiger charge is -2.32. The molecule has 1 amide bonds. The van der Waals surface area contributed by atoms with Crippen LogP contribution in [0, 0.1) is 11.7 Å². The number of benzene rings is 2. The van der Waals surface area contributed by atoms with E-state index < -0.39 is 0 Å². The summed E-state index contributed by atoms with van der Waals surface area (Å²) < 4.78 is 18.7. The lowest BCUT2D eigenvalue weighted by atomic mass is 9.97. The molecule has 1 atom stereocenters. The molecule has 7 heteroatoms. The highest BCUT2D eigenvalue weighted by atomic mass is 19.1. The minimum Gasteiger partial charge on any atom is -0.457 e. The highest BCUT2D eigenvalue weighted by Gasteiger charge is 2.26. The molecule has 154 valence electrons. The zero-order chi connectivity index (χ0) is 20.8. The Morgan fingerprint density at radius 2 is 1.83 bits per heavy atom. The van der Waals surface area contributed by atoms with Gasteiger partial charge in [-0.25, -0.2) is 9.37 Å². The number of rotatable bonds is 6. The van der Waals surface area contributed by atoms with Crippen molar-refractivity contribution in [3.05, 3.63) is 78.5 Å². The first-order chi connectivity index (χ1) is 14.7. The van der Waals surface area contributed by atoms with E-state index >= 15 is 0 Å². The molecule has 1 fully saturated rings. The number of piperidine rings is 1. The Bertz CT molecular complexity index is 965. The number of carbonyl (C=O) groups is 1. The van der Waals surface area contributed by atoms with Gasteiger partial charge in [0.15, 0.2) is 0 Å². The molecule has 1 aromatic heterocycles. The van der Waals surface area contributed by atoms with Crippen LogP contribution >= 0.6 is 0 Å². The molecule has 0 spiro atoms. The van der Waals surface area contributed by atoms with Gasteiger partial charge in [-0.05, 0) is 54.8 Å². The summed E-state index contributed by atoms with van der Waals surface area (Å²) in [5.74, 6) is 1.72. The molecule has 2 heterocycles. The number of anilines is 1. The van der Waals surface area contributed by atoms with Crippen LogP contribution in [-0.2, 0) is 11.3 Å². The average molecular weight is 406 g/mol. The highest BCUT2D eigenvalue weighted by Crippen LogP contribution is 2.23. The van der Waals surface area contributed by atoms with Crippen LogP contribution in [-0.4, -0.2) is 29.0 Å². The zero-order valence-electron chi connectivity index (χ0n) is 16.5. The number of carbonyl (C=O) groups excluding carboxylic acids is 1. The number of nitrogens with zero attached hydrogens (tertiary/aromatic N) is 3. The standard InChI is InChI=1S/C23H23FN4O2/c24-19-5-9-21(10-6-19)30-20-7-3-17(4-8-20)14-27-23(29)18-2-1-13-28(16-18)22-15-25-11-12-26-22/h3-12,15,18H,1-2,13-14,16H2,(H,27,29)/t18-/m0/s1. The maximum atomic E-state index is 13.0. The summed E-state index contributed by atoms with van der Waals surface area (Å²) in [6.07, 6.45) is 6.86. The largest absolute Gasteiger partial charge is 0.457 e. The summed E-state index contributed by atoms with van der Waals surface area (Å²) in [4.78, 5) is 23.2. The van der Waals surface area contributed by atoms with Crippen LogP contribution in [0.25, 0.3) is 0 Å². The van der Waals surface area contributed by atoms with Gasteiger partial charge in [0.05, 0.1) is 12.1 Å². The van der Waals surface area contributed by atoms with Crippen molar-refractivity contribution in [1.82, 2.24) is 15.3 Å². The van der Waals surface area contributed by atoms with Crippen molar-refractivity contribution in [2.75, 3.05) is 18.0 Å². The molecular weight excluding hydrogens is 383 g/mol. The quantitative estimate of drug-likeness (QED) is 0.672. The van der Waals surface area contributed by atoms with Crippen LogP contribution in [0.5, 0.6) is 11.5 Å². The topological polar surface area (TPSA) is 67.3 Å². The Morgan fingerprint density at radius 3 is 2.53 bits per heavy atom. The van der Waals surface area contributed by atoms with E-state index in [2.05, 4.69) is 20.2 Å². The van der Waals surface area contributed by atoms with Crippen molar-refractivity contribution < 1.29 is 13.9 Å². The molecule has 1 aliphatic heterocycles. The maximum absolute atomic E-state index is 13.0. The number of aromatic nitrogens is 2. The van der Waals surface area contributed by atoms with E-state index in [1.807, 2.05) is 24.3 Å². The number of hydrogen-bond donors (Lipinski definition) is 1. The molecule has 1 N–H and O–H groups in total. The summed E-state index contributed by atoms with van der Waals surface area (Å²) in [5.41, 5.74) is 0.983. The van der Waals surface area contributed by atoms with Crippen LogP contribution in [0.15, 0.2) is 67.1 Å². The van der Waals surface area contributed by atoms with Crippen LogP contribution < -0.4 is 15.0 Å². The fourth-order valence-corrected chi connectivity index (χ4v) is 3.50. The van der Waals surface area contributed by atoms with Crippen LogP contribution in [0.1, 0.15) is 18.4 Å². The molecule has 3 aromatic rings. The zero-order valence-corrected chi connectivity index (χ0v) is 16.5. The third-order valence-corrected chi connectivity index (χ3v) is 5.11. The van der Waals surface area contributed by atoms with Gasteiger partial charge in [0.1, 0.15) is 23.1 Å². The van der Waals surface area contributed by atoms with E-state index in [1.54, 1.807) is 30.7 Å². The summed E-state index contributed by atoms with van der Waals surface area (Å²) >= 11 is 0. The lowest BCUT2D eigenvalue weighted by Crippen LogP contribution is -2.43. The molecule has 30 heavy (non-hydrogen) atoms. The number of halogens is 1. The van der Waals surface area contributed by atoms with Gasteiger partial charge in [0.2, 0.25) is 5.91 Å². The second kappa shape index (κ2) is 9.35. The second-order valence-corrected chi connectivity index (χ2v) is 7.27. The van der Waals surface area contributed by atoms with E-state index in [1.165, 1.54) is 12.1 Å². The minimum absolute atomic E-state index is 0.0511. The van der Waals surface area contributed by atoms with Crippen molar-refractivity contribution >= 4 is 11.7 Å². The molecule has 4 rings (SSSR count). The smallest absolute Gasteiger partial charge is 0.225 e. The van der Waals surface area contributed by atoms with Crippen molar-refractivity contribution in [2.45, 2.75) is 19.4 Å². The van der Waals surface area contributed by atoms with E-state index in [0.29, 0.717) is 24.6 Å². The van der Waals surface area contributed by atoms with E-state index in [0.717, 1.165) is 30.8 Å². The van der Waals surface area contributed by atoms with Crippen molar-refractivity contribution in [3.8, 4) is 11.5 Å². The van der Waals surface area contributed by atoms with Gasteiger partial charge < -0.3 is 15.0 Å². The minimum atomic E-state index is -0.300. The Hall–Kier alpha value is -3.48. The first kappa shape index (κ1) is 19.8. The number of ether oxygens (including phenoxy) is 1. The predicted octanol–water partition coefficient (Wildman–Crippen LogP) is 3.94. The SMILES string of the molecule is O=C(NCc1ccc(Oc2ccc(F)cc2)cc1)[C@H]1CCCN(c2cnccn2)C1. The Kier molecular flexibility index (Phi) is 6.17. The van der Waals surface area contributed by atoms with Gasteiger partial charge >= 0.3 is 0 Å². The average Bonchev–Trinajstić information content (AvgIpc) is 2.80. The van der Waals surface area contributed by atoms with Gasteiger partial charge in [-0.15, -0.1) is 0 Å². The van der Waals surface area contributed by atoms with Gasteiger partial charge in [0, 0.05) is 32.0 Å². The van der Waals surface area contributed by atoms with Crippen molar-refractivity contribution in [2.24, 2.45) is 5.92 Å². The fraction of sp³-hybridized carbons (Fsp3) is 0.261. The Morgan fingerprint density at radius 1 is 1.10 bits per heavy atom. The first-order valence-electron chi connectivity index (χ1n) is 9.98. The Balaban J connectivity index is 1.28. The molecule has 0 aliphatic carbocycles. The third-order valence-electron chi connectivity index (χ3n) is 5.11. The maximum Gasteiger partial charge on any atom is 0.225 e. The van der Waals surface area contributed by atoms with Gasteiger partial charge in [-0.2, -0.15) is 0 Å². The van der Waals surface area contributed by atoms with E-state index in [9.17, 15) is 9.18 Å². The molecule has 0 unspecified atom stereocenters. The summed E-state index contributed by atoms with van der Waals surface area (Å²) in [7, 11) is 0. The van der Waals surface area contributed by atoms with E-state index in [-0.39, 0.29) is 17.6 Å². The highest BCUT2D eigenvalue weighted by molar-refractivity contribution is 5.79. The van der Waals surface area contributed by atoms with Gasteiger partial charge in [0.25, 0.3) is 0 Å². The molecule has 0 saturated carbocycles. The molecule has 1 aliphatic rings. The van der Waals surface area contributed by atoms with Gasteiger partial charge in [-0.1, -0.05) is 12.1 Å². The van der Waals surface area contributed by atoms with Crippen LogP contribution in [0.3, 0.4) is 0 Å². The molecule has 1 saturated heterocycles. The van der Waals surface area contributed by atoms with Gasteiger partial charge in [-0.3, -0.25) is 9.78 Å². The molecule has 6 nitrogen and oxygen atoms in total. The van der Waals surface area contributed by atoms with Crippen LogP contribution in [0.2, 0.25) is 0 Å². The first-order valence-corrected chi connectivity index (χ1v) is 9.98. The molecular formula is C23H23FN4O2. The summed E-state index contributed by atoms with van der Waals surface area (Å²) in [5, 5.41) is 3.03. The monoisotopic (exact) mass is 406 g/mol. The van der Waals surface area contributed by atoms with Crippen molar-refractivity contribution in [1.29, 1.82) is 0 Å². The summed E-state index contributed by atoms with van der Waals surface area (Å²) in [6, 6.07) is 13.4. The number of hydrogen-bond acceptors (Lipinski definition) is 5. The summed E-state index contributed by atoms with van der Waals surface area (Å²) in [6.45, 7) is 1.99. The number of amides is 1. The number of nitrogens with one attached hydrogen (secondary N) is 1. The van der Waals surface area contributed by atoms with Crippen molar-refractivity contribution in [3.63, 3.8) is 0 Å². The lowest BCUT2D eigenvalue weighted by molar-refractivity contribution is -0.125. The Labute approximate surface area is 174 Å². The fourth-order valence-electron chi connectivity index (χ4n) is 3.50. The second-order valence-electron chi connectivity index (χ2n) is 7.27. The normalized spacial score (nSPS) is 16.2. The van der Waals surface area contributed by atoms with Crippen LogP contribution in [0.4, 0.5) is 10.2 Å². The third kappa shape index (κ3) is 5.11.